The Bertz CT molecular complexity index is 1940. The summed E-state index contributed by atoms with van der Waals surface area (Å²) in [6.07, 6.45) is 6.65. The molecular formula is C33H42N10O2S2. The van der Waals surface area contributed by atoms with Crippen molar-refractivity contribution in [1.82, 2.24) is 19.9 Å². The van der Waals surface area contributed by atoms with Gasteiger partial charge < -0.3 is 37.2 Å². The van der Waals surface area contributed by atoms with Crippen LogP contribution >= 0.6 is 22.7 Å². The third-order valence-corrected chi connectivity index (χ3v) is 11.0. The highest BCUT2D eigenvalue weighted by Crippen LogP contribution is 2.39. The number of fused-ring (bicyclic) bond motifs is 4. The molecule has 248 valence electrons. The van der Waals surface area contributed by atoms with Gasteiger partial charge in [0.2, 0.25) is 5.95 Å². The molecule has 5 aromatic heterocycles. The number of piperidine rings is 2. The third-order valence-electron chi connectivity index (χ3n) is 8.88. The van der Waals surface area contributed by atoms with E-state index in [2.05, 4.69) is 51.8 Å². The molecular weight excluding hydrogens is 633 g/mol. The smallest absolute Gasteiger partial charge is 0.222 e. The number of nitriles is 1. The number of hydrogen-bond donors (Lipinski definition) is 5. The van der Waals surface area contributed by atoms with Crippen molar-refractivity contribution in [2.75, 3.05) is 53.2 Å². The Morgan fingerprint density at radius 2 is 1.30 bits per heavy atom. The van der Waals surface area contributed by atoms with Crippen molar-refractivity contribution in [3.63, 3.8) is 0 Å². The maximum atomic E-state index is 9.75. The van der Waals surface area contributed by atoms with Crippen LogP contribution in [0, 0.1) is 11.3 Å². The van der Waals surface area contributed by atoms with E-state index in [0.717, 1.165) is 120 Å². The van der Waals surface area contributed by atoms with Gasteiger partial charge in [0.25, 0.3) is 0 Å². The topological polar surface area (TPSA) is 200 Å². The van der Waals surface area contributed by atoms with Gasteiger partial charge >= 0.3 is 0 Å². The van der Waals surface area contributed by atoms with Gasteiger partial charge in [-0.1, -0.05) is 26.7 Å². The van der Waals surface area contributed by atoms with Crippen LogP contribution in [0.4, 0.5) is 29.1 Å². The molecule has 0 amide bonds. The van der Waals surface area contributed by atoms with Crippen LogP contribution in [-0.2, 0) is 12.8 Å². The molecule has 0 unspecified atom stereocenters. The van der Waals surface area contributed by atoms with E-state index >= 15 is 0 Å². The Kier molecular flexibility index (Phi) is 9.79. The molecule has 12 nitrogen and oxygen atoms in total. The van der Waals surface area contributed by atoms with Crippen molar-refractivity contribution >= 4 is 82.4 Å². The highest BCUT2D eigenvalue weighted by atomic mass is 32.1. The number of nitrogen functional groups attached to an aromatic ring is 3. The molecule has 2 fully saturated rings. The first-order chi connectivity index (χ1) is 22.7. The lowest BCUT2D eigenvalue weighted by atomic mass is 10.0. The molecule has 2 aliphatic rings. The zero-order chi connectivity index (χ0) is 33.2. The predicted molar refractivity (Wildman–Crippen MR) is 193 cm³/mol. The fraction of sp³-hybridized carbons (Fsp3) is 0.485. The molecule has 7 rings (SSSR count). The summed E-state index contributed by atoms with van der Waals surface area (Å²) in [5.74, 6) is 2.51. The van der Waals surface area contributed by atoms with Crippen LogP contribution in [0.2, 0.25) is 0 Å². The maximum Gasteiger partial charge on any atom is 0.222 e. The number of thiophene rings is 2. The standard InChI is InChI=1S/C17H22N6OS.C16H20N4OS/c1-2-3-9-8-11(23-6-4-10(24)5-7-23)20-16-12(9)13-14(25-16)15(18)22-17(19)21-13;1-2-3-10-8-13(20-6-4-11(21)5-7-20)19-16-14(10)15(18)12(9-17)22-16/h8,10,24H,2-7H2,1H3,(H4,18,19,21,22);8,11,21H,2-7,18H2,1H3. The van der Waals surface area contributed by atoms with E-state index in [9.17, 15) is 15.5 Å². The molecule has 0 bridgehead atoms. The minimum atomic E-state index is -0.197. The molecule has 7 heterocycles. The van der Waals surface area contributed by atoms with Gasteiger partial charge in [0.1, 0.15) is 38.1 Å². The molecule has 14 heteroatoms. The average Bonchev–Trinajstić information content (AvgIpc) is 3.59. The van der Waals surface area contributed by atoms with E-state index in [4.69, 9.17) is 27.2 Å². The summed E-state index contributed by atoms with van der Waals surface area (Å²) in [6.45, 7) is 7.58. The van der Waals surface area contributed by atoms with E-state index in [1.165, 1.54) is 33.8 Å². The Morgan fingerprint density at radius 3 is 1.81 bits per heavy atom. The van der Waals surface area contributed by atoms with Crippen LogP contribution in [0.15, 0.2) is 12.1 Å². The summed E-state index contributed by atoms with van der Waals surface area (Å²) in [4.78, 5) is 24.9. The minimum Gasteiger partial charge on any atom is -0.396 e. The molecule has 5 aromatic rings. The molecule has 0 radical (unpaired) electrons. The maximum absolute atomic E-state index is 9.75. The summed E-state index contributed by atoms with van der Waals surface area (Å²) >= 11 is 2.89. The first-order valence-electron chi connectivity index (χ1n) is 16.3. The van der Waals surface area contributed by atoms with Crippen molar-refractivity contribution < 1.29 is 10.2 Å². The Hall–Kier alpha value is -4.03. The molecule has 0 spiro atoms. The molecule has 2 aliphatic heterocycles. The second-order valence-electron chi connectivity index (χ2n) is 12.3. The van der Waals surface area contributed by atoms with Crippen LogP contribution in [-0.4, -0.2) is 68.5 Å². The largest absolute Gasteiger partial charge is 0.396 e. The number of aryl methyl sites for hydroxylation is 2. The number of nitrogens with zero attached hydrogens (tertiary/aromatic N) is 7. The van der Waals surface area contributed by atoms with Crippen LogP contribution < -0.4 is 27.0 Å². The fourth-order valence-corrected chi connectivity index (χ4v) is 8.44. The molecule has 2 saturated heterocycles. The zero-order valence-corrected chi connectivity index (χ0v) is 28.5. The van der Waals surface area contributed by atoms with Gasteiger partial charge in [-0.25, -0.2) is 15.0 Å². The number of pyridine rings is 2. The Balaban J connectivity index is 0.000000166. The van der Waals surface area contributed by atoms with Crippen molar-refractivity contribution in [1.29, 1.82) is 5.26 Å². The van der Waals surface area contributed by atoms with Crippen molar-refractivity contribution in [3.8, 4) is 6.07 Å². The Labute approximate surface area is 281 Å². The Morgan fingerprint density at radius 1 is 0.787 bits per heavy atom. The normalized spacial score (nSPS) is 16.1. The van der Waals surface area contributed by atoms with Crippen LogP contribution in [0.1, 0.15) is 68.4 Å². The predicted octanol–water partition coefficient (Wildman–Crippen LogP) is 4.98. The first kappa shape index (κ1) is 32.9. The van der Waals surface area contributed by atoms with Gasteiger partial charge in [0.15, 0.2) is 0 Å². The van der Waals surface area contributed by atoms with Gasteiger partial charge in [0.05, 0.1) is 28.1 Å². The highest BCUT2D eigenvalue weighted by Gasteiger charge is 2.23. The number of aliphatic hydroxyl groups excluding tert-OH is 2. The van der Waals surface area contributed by atoms with E-state index < -0.39 is 0 Å². The van der Waals surface area contributed by atoms with Crippen LogP contribution in [0.25, 0.3) is 30.6 Å². The number of aromatic nitrogens is 4. The average molecular weight is 675 g/mol. The SMILES string of the molecule is CCCc1cc(N2CCC(O)CC2)nc2sc(C#N)c(N)c12.CCCc1cc(N2CCC(O)CC2)nc2sc3c(N)nc(N)nc3c12. The number of rotatable bonds is 6. The second kappa shape index (κ2) is 14.0. The van der Waals surface area contributed by atoms with Gasteiger partial charge in [-0.05, 0) is 61.8 Å². The highest BCUT2D eigenvalue weighted by molar-refractivity contribution is 7.26. The van der Waals surface area contributed by atoms with E-state index in [1.807, 2.05) is 0 Å². The molecule has 8 N–H and O–H groups in total. The van der Waals surface area contributed by atoms with Crippen LogP contribution in [0.3, 0.4) is 0 Å². The summed E-state index contributed by atoms with van der Waals surface area (Å²) in [5.41, 5.74) is 21.8. The van der Waals surface area contributed by atoms with Crippen molar-refractivity contribution in [2.45, 2.75) is 77.4 Å². The summed E-state index contributed by atoms with van der Waals surface area (Å²) in [6, 6.07) is 6.43. The lowest BCUT2D eigenvalue weighted by molar-refractivity contribution is 0.145. The van der Waals surface area contributed by atoms with Crippen LogP contribution in [0.5, 0.6) is 0 Å². The van der Waals surface area contributed by atoms with Crippen molar-refractivity contribution in [3.05, 3.63) is 28.1 Å². The second-order valence-corrected chi connectivity index (χ2v) is 14.3. The summed E-state index contributed by atoms with van der Waals surface area (Å²) in [7, 11) is 0. The van der Waals surface area contributed by atoms with E-state index in [0.29, 0.717) is 16.4 Å². The lowest BCUT2D eigenvalue weighted by Crippen LogP contribution is -2.36. The molecule has 0 saturated carbocycles. The number of hydrogen-bond acceptors (Lipinski definition) is 14. The molecule has 0 aliphatic carbocycles. The number of nitrogens with two attached hydrogens (primary N) is 3. The molecule has 47 heavy (non-hydrogen) atoms. The minimum absolute atomic E-state index is 0.196. The zero-order valence-electron chi connectivity index (χ0n) is 26.9. The lowest BCUT2D eigenvalue weighted by Gasteiger charge is -2.30. The van der Waals surface area contributed by atoms with Gasteiger partial charge in [-0.2, -0.15) is 10.2 Å². The summed E-state index contributed by atoms with van der Waals surface area (Å²) < 4.78 is 0.847. The molecule has 0 aromatic carbocycles. The first-order valence-corrected chi connectivity index (χ1v) is 18.0. The van der Waals surface area contributed by atoms with Gasteiger partial charge in [-0.15, -0.1) is 22.7 Å². The third kappa shape index (κ3) is 6.71. The fourth-order valence-electron chi connectivity index (χ4n) is 6.45. The monoisotopic (exact) mass is 674 g/mol. The van der Waals surface area contributed by atoms with E-state index in [1.54, 1.807) is 0 Å². The number of anilines is 5. The van der Waals surface area contributed by atoms with Gasteiger partial charge in [0, 0.05) is 37.0 Å². The van der Waals surface area contributed by atoms with Crippen molar-refractivity contribution in [2.24, 2.45) is 0 Å². The summed E-state index contributed by atoms with van der Waals surface area (Å²) in [5, 5.41) is 30.6. The number of aliphatic hydroxyl groups is 2. The molecule has 0 atom stereocenters. The van der Waals surface area contributed by atoms with Gasteiger partial charge in [-0.3, -0.25) is 0 Å². The quantitative estimate of drug-likeness (QED) is 0.162. The van der Waals surface area contributed by atoms with E-state index in [-0.39, 0.29) is 18.2 Å².